The van der Waals surface area contributed by atoms with Gasteiger partial charge in [0.05, 0.1) is 19.2 Å². The molecule has 6 nitrogen and oxygen atoms in total. The van der Waals surface area contributed by atoms with E-state index in [1.807, 2.05) is 43.5 Å². The van der Waals surface area contributed by atoms with E-state index in [4.69, 9.17) is 9.84 Å². The molecule has 0 saturated carbocycles. The first-order valence-electron chi connectivity index (χ1n) is 8.02. The second-order valence-electron chi connectivity index (χ2n) is 6.04. The average molecular weight is 362 g/mol. The third kappa shape index (κ3) is 5.29. The normalized spacial score (nSPS) is 10.7. The molecule has 0 aliphatic rings. The van der Waals surface area contributed by atoms with Crippen molar-refractivity contribution in [2.24, 2.45) is 5.92 Å². The van der Waals surface area contributed by atoms with Crippen molar-refractivity contribution in [1.29, 1.82) is 0 Å². The van der Waals surface area contributed by atoms with Crippen molar-refractivity contribution in [1.82, 2.24) is 4.98 Å². The second kappa shape index (κ2) is 8.62. The van der Waals surface area contributed by atoms with Gasteiger partial charge in [0.1, 0.15) is 5.75 Å². The summed E-state index contributed by atoms with van der Waals surface area (Å²) in [6.45, 7) is 4.53. The van der Waals surface area contributed by atoms with E-state index in [9.17, 15) is 9.59 Å². The van der Waals surface area contributed by atoms with Gasteiger partial charge in [0.25, 0.3) is 0 Å². The summed E-state index contributed by atoms with van der Waals surface area (Å²) in [4.78, 5) is 29.3. The molecule has 1 amide bonds. The average Bonchev–Trinajstić information content (AvgIpc) is 3.07. The van der Waals surface area contributed by atoms with Crippen molar-refractivity contribution in [3.8, 4) is 17.0 Å². The minimum atomic E-state index is -0.976. The Balaban J connectivity index is 2.21. The van der Waals surface area contributed by atoms with Gasteiger partial charge < -0.3 is 9.84 Å². The van der Waals surface area contributed by atoms with E-state index >= 15 is 0 Å². The maximum atomic E-state index is 12.4. The number of hydrogen-bond acceptors (Lipinski definition) is 5. The molecule has 1 aromatic carbocycles. The number of aromatic nitrogens is 1. The number of thiazole rings is 1. The van der Waals surface area contributed by atoms with Crippen LogP contribution in [-0.2, 0) is 9.59 Å². The zero-order valence-electron chi connectivity index (χ0n) is 14.6. The Morgan fingerprint density at radius 3 is 2.48 bits per heavy atom. The number of carbonyl (C=O) groups is 2. The van der Waals surface area contributed by atoms with Gasteiger partial charge in [0.15, 0.2) is 5.13 Å². The topological polar surface area (TPSA) is 79.7 Å². The number of aliphatic carboxylic acids is 1. The third-order valence-electron chi connectivity index (χ3n) is 3.51. The van der Waals surface area contributed by atoms with Crippen LogP contribution in [0.5, 0.6) is 5.75 Å². The maximum absolute atomic E-state index is 12.4. The number of benzene rings is 1. The number of rotatable bonds is 8. The van der Waals surface area contributed by atoms with E-state index in [1.165, 1.54) is 11.3 Å². The van der Waals surface area contributed by atoms with Gasteiger partial charge in [-0.15, -0.1) is 11.3 Å². The van der Waals surface area contributed by atoms with Crippen LogP contribution in [-0.4, -0.2) is 35.6 Å². The van der Waals surface area contributed by atoms with Gasteiger partial charge in [-0.3, -0.25) is 14.5 Å². The number of ether oxygens (including phenoxy) is 1. The van der Waals surface area contributed by atoms with Crippen molar-refractivity contribution in [3.63, 3.8) is 0 Å². The van der Waals surface area contributed by atoms with E-state index in [2.05, 4.69) is 4.98 Å². The number of carboxylic acid groups (broad SMARTS) is 1. The number of anilines is 1. The summed E-state index contributed by atoms with van der Waals surface area (Å²) in [6, 6.07) is 7.55. The molecule has 0 fully saturated rings. The maximum Gasteiger partial charge on any atom is 0.303 e. The molecule has 7 heteroatoms. The van der Waals surface area contributed by atoms with Crippen LogP contribution in [0.2, 0.25) is 0 Å². The van der Waals surface area contributed by atoms with Crippen molar-refractivity contribution >= 4 is 28.3 Å². The van der Waals surface area contributed by atoms with Crippen LogP contribution >= 0.6 is 11.3 Å². The van der Waals surface area contributed by atoms with E-state index < -0.39 is 5.97 Å². The molecule has 0 radical (unpaired) electrons. The largest absolute Gasteiger partial charge is 0.497 e. The zero-order chi connectivity index (χ0) is 18.4. The molecular formula is C18H22N2O4S. The van der Waals surface area contributed by atoms with E-state index in [1.54, 1.807) is 12.0 Å². The number of carbonyl (C=O) groups excluding carboxylic acids is 1. The minimum absolute atomic E-state index is 0.0283. The fraction of sp³-hybridized carbons (Fsp3) is 0.389. The molecule has 0 spiro atoms. The lowest BCUT2D eigenvalue weighted by molar-refractivity contribution is -0.138. The lowest BCUT2D eigenvalue weighted by Gasteiger charge is -2.21. The van der Waals surface area contributed by atoms with Crippen LogP contribution in [0.1, 0.15) is 26.7 Å². The Bertz CT molecular complexity index is 725. The molecular weight excluding hydrogens is 340 g/mol. The standard InChI is InChI=1S/C18H22N2O4S/c1-12(2)10-20(16(21)8-9-17(22)23)18-19-15(11-25-18)13-4-6-14(24-3)7-5-13/h4-7,11-12H,8-10H2,1-3H3,(H,22,23). The quantitative estimate of drug-likeness (QED) is 0.775. The number of methoxy groups -OCH3 is 1. The van der Waals surface area contributed by atoms with Crippen LogP contribution in [0.25, 0.3) is 11.3 Å². The van der Waals surface area contributed by atoms with Crippen LogP contribution in [0.3, 0.4) is 0 Å². The van der Waals surface area contributed by atoms with Crippen LogP contribution in [0.4, 0.5) is 5.13 Å². The highest BCUT2D eigenvalue weighted by atomic mass is 32.1. The highest BCUT2D eigenvalue weighted by Crippen LogP contribution is 2.29. The zero-order valence-corrected chi connectivity index (χ0v) is 15.4. The van der Waals surface area contributed by atoms with Crippen molar-refractivity contribution in [3.05, 3.63) is 29.6 Å². The van der Waals surface area contributed by atoms with E-state index in [0.29, 0.717) is 11.7 Å². The first kappa shape index (κ1) is 18.9. The lowest BCUT2D eigenvalue weighted by Crippen LogP contribution is -2.34. The molecule has 134 valence electrons. The predicted octanol–water partition coefficient (Wildman–Crippen LogP) is 3.67. The Kier molecular flexibility index (Phi) is 6.52. The Labute approximate surface area is 151 Å². The molecule has 0 unspecified atom stereocenters. The minimum Gasteiger partial charge on any atom is -0.497 e. The molecule has 0 aliphatic heterocycles. The van der Waals surface area contributed by atoms with Crippen molar-refractivity contribution in [2.45, 2.75) is 26.7 Å². The summed E-state index contributed by atoms with van der Waals surface area (Å²) in [5.74, 6) is -0.172. The Morgan fingerprint density at radius 2 is 1.92 bits per heavy atom. The van der Waals surface area contributed by atoms with Crippen molar-refractivity contribution < 1.29 is 19.4 Å². The third-order valence-corrected chi connectivity index (χ3v) is 4.37. The van der Waals surface area contributed by atoms with Crippen LogP contribution < -0.4 is 9.64 Å². The molecule has 0 atom stereocenters. The predicted molar refractivity (Wildman–Crippen MR) is 98.2 cm³/mol. The summed E-state index contributed by atoms with van der Waals surface area (Å²) in [5.41, 5.74) is 1.72. The van der Waals surface area contributed by atoms with Gasteiger partial charge in [-0.2, -0.15) is 0 Å². The first-order valence-corrected chi connectivity index (χ1v) is 8.90. The highest BCUT2D eigenvalue weighted by Gasteiger charge is 2.21. The first-order chi connectivity index (χ1) is 11.9. The SMILES string of the molecule is COc1ccc(-c2csc(N(CC(C)C)C(=O)CCC(=O)O)n2)cc1. The van der Waals surface area contributed by atoms with Gasteiger partial charge in [-0.05, 0) is 30.2 Å². The molecule has 0 bridgehead atoms. The van der Waals surface area contributed by atoms with E-state index in [0.717, 1.165) is 17.0 Å². The summed E-state index contributed by atoms with van der Waals surface area (Å²) in [6.07, 6.45) is -0.205. The smallest absolute Gasteiger partial charge is 0.303 e. The summed E-state index contributed by atoms with van der Waals surface area (Å²) in [7, 11) is 1.61. The molecule has 2 aromatic rings. The van der Waals surface area contributed by atoms with Gasteiger partial charge in [-0.25, -0.2) is 4.98 Å². The number of carboxylic acids is 1. The summed E-state index contributed by atoms with van der Waals surface area (Å²) < 4.78 is 5.15. The summed E-state index contributed by atoms with van der Waals surface area (Å²) in [5, 5.41) is 11.3. The monoisotopic (exact) mass is 362 g/mol. The van der Waals surface area contributed by atoms with Crippen LogP contribution in [0, 0.1) is 5.92 Å². The number of hydrogen-bond donors (Lipinski definition) is 1. The number of nitrogens with zero attached hydrogens (tertiary/aromatic N) is 2. The fourth-order valence-corrected chi connectivity index (χ4v) is 3.14. The molecule has 1 heterocycles. The van der Waals surface area contributed by atoms with Crippen LogP contribution in [0.15, 0.2) is 29.6 Å². The fourth-order valence-electron chi connectivity index (χ4n) is 2.28. The lowest BCUT2D eigenvalue weighted by atomic mass is 10.2. The van der Waals surface area contributed by atoms with Gasteiger partial charge >= 0.3 is 5.97 Å². The second-order valence-corrected chi connectivity index (χ2v) is 6.87. The molecule has 0 aliphatic carbocycles. The van der Waals surface area contributed by atoms with Crippen molar-refractivity contribution in [2.75, 3.05) is 18.6 Å². The molecule has 1 N–H and O–H groups in total. The Morgan fingerprint density at radius 1 is 1.24 bits per heavy atom. The molecule has 25 heavy (non-hydrogen) atoms. The molecule has 0 saturated heterocycles. The van der Waals surface area contributed by atoms with Gasteiger partial charge in [0.2, 0.25) is 5.91 Å². The molecule has 1 aromatic heterocycles. The summed E-state index contributed by atoms with van der Waals surface area (Å²) >= 11 is 1.38. The number of amides is 1. The Hall–Kier alpha value is -2.41. The van der Waals surface area contributed by atoms with Gasteiger partial charge in [0, 0.05) is 23.9 Å². The highest BCUT2D eigenvalue weighted by molar-refractivity contribution is 7.14. The molecule has 2 rings (SSSR count). The van der Waals surface area contributed by atoms with Gasteiger partial charge in [-0.1, -0.05) is 13.8 Å². The van der Waals surface area contributed by atoms with E-state index in [-0.39, 0.29) is 24.7 Å².